The van der Waals surface area contributed by atoms with E-state index in [1.54, 1.807) is 11.3 Å². The second-order valence-electron chi connectivity index (χ2n) is 2.22. The molecule has 66 valence electrons. The molecule has 0 bridgehead atoms. The molecule has 0 aliphatic carbocycles. The van der Waals surface area contributed by atoms with Gasteiger partial charge >= 0.3 is 5.97 Å². The zero-order chi connectivity index (χ0) is 8.81. The molecule has 0 amide bonds. The van der Waals surface area contributed by atoms with Gasteiger partial charge in [0, 0.05) is 0 Å². The summed E-state index contributed by atoms with van der Waals surface area (Å²) in [7, 11) is 0. The molecule has 1 rings (SSSR count). The number of esters is 1. The highest BCUT2D eigenvalue weighted by atomic mass is 35.5. The van der Waals surface area contributed by atoms with Crippen LogP contribution >= 0.6 is 22.9 Å². The van der Waals surface area contributed by atoms with Crippen molar-refractivity contribution in [1.29, 1.82) is 0 Å². The number of rotatable bonds is 4. The molecule has 0 spiro atoms. The predicted octanol–water partition coefficient (Wildman–Crippen LogP) is 2.07. The van der Waals surface area contributed by atoms with E-state index in [0.717, 1.165) is 5.56 Å². The summed E-state index contributed by atoms with van der Waals surface area (Å²) in [5.74, 6) is 0.143. The van der Waals surface area contributed by atoms with Crippen molar-refractivity contribution in [3.8, 4) is 0 Å². The predicted molar refractivity (Wildman–Crippen MR) is 49.7 cm³/mol. The molecule has 0 unspecified atom stereocenters. The topological polar surface area (TPSA) is 26.3 Å². The van der Waals surface area contributed by atoms with Crippen molar-refractivity contribution >= 4 is 28.9 Å². The molecule has 0 aliphatic heterocycles. The number of halogens is 1. The summed E-state index contributed by atoms with van der Waals surface area (Å²) in [6.07, 6.45) is 0.348. The van der Waals surface area contributed by atoms with Crippen molar-refractivity contribution in [1.82, 2.24) is 0 Å². The monoisotopic (exact) mass is 204 g/mol. The number of ether oxygens (including phenoxy) is 1. The van der Waals surface area contributed by atoms with Crippen molar-refractivity contribution in [3.63, 3.8) is 0 Å². The Morgan fingerprint density at radius 2 is 2.50 bits per heavy atom. The first-order valence-corrected chi connectivity index (χ1v) is 5.03. The van der Waals surface area contributed by atoms with Gasteiger partial charge in [0.1, 0.15) is 6.61 Å². The zero-order valence-corrected chi connectivity index (χ0v) is 8.03. The third-order valence-corrected chi connectivity index (χ3v) is 2.16. The molecular weight excluding hydrogens is 196 g/mol. The number of carbonyl (C=O) groups excluding carboxylic acids is 1. The van der Waals surface area contributed by atoms with Gasteiger partial charge in [-0.1, -0.05) is 0 Å². The largest absolute Gasteiger partial charge is 0.464 e. The first-order chi connectivity index (χ1) is 5.83. The van der Waals surface area contributed by atoms with Gasteiger partial charge in [-0.15, -0.1) is 11.6 Å². The maximum atomic E-state index is 11.0. The highest BCUT2D eigenvalue weighted by Crippen LogP contribution is 2.06. The molecule has 0 fully saturated rings. The Labute approximate surface area is 80.1 Å². The van der Waals surface area contributed by atoms with E-state index in [-0.39, 0.29) is 5.97 Å². The first kappa shape index (κ1) is 9.55. The summed E-state index contributed by atoms with van der Waals surface area (Å²) in [5.41, 5.74) is 1.000. The van der Waals surface area contributed by atoms with E-state index in [4.69, 9.17) is 16.3 Å². The van der Waals surface area contributed by atoms with E-state index in [1.165, 1.54) is 0 Å². The quantitative estimate of drug-likeness (QED) is 0.555. The van der Waals surface area contributed by atoms with Crippen LogP contribution in [0.1, 0.15) is 5.56 Å². The minimum absolute atomic E-state index is 0.214. The smallest absolute Gasteiger partial charge is 0.310 e. The molecule has 1 aromatic rings. The van der Waals surface area contributed by atoms with Crippen molar-refractivity contribution in [3.05, 3.63) is 22.4 Å². The molecule has 12 heavy (non-hydrogen) atoms. The Hall–Kier alpha value is -0.540. The SMILES string of the molecule is O=C(Cc1ccsc1)OCCCl. The Morgan fingerprint density at radius 1 is 1.67 bits per heavy atom. The minimum Gasteiger partial charge on any atom is -0.464 e. The van der Waals surface area contributed by atoms with E-state index in [0.29, 0.717) is 18.9 Å². The van der Waals surface area contributed by atoms with Gasteiger partial charge < -0.3 is 4.74 Å². The summed E-state index contributed by atoms with van der Waals surface area (Å²) in [6.45, 7) is 0.296. The van der Waals surface area contributed by atoms with Crippen LogP contribution < -0.4 is 0 Å². The third-order valence-electron chi connectivity index (χ3n) is 1.27. The highest BCUT2D eigenvalue weighted by Gasteiger charge is 2.03. The summed E-state index contributed by atoms with van der Waals surface area (Å²) in [4.78, 5) is 11.0. The standard InChI is InChI=1S/C8H9ClO2S/c9-2-3-11-8(10)5-7-1-4-12-6-7/h1,4,6H,2-3,5H2. The van der Waals surface area contributed by atoms with Gasteiger partial charge in [0.05, 0.1) is 12.3 Å². The molecule has 0 atom stereocenters. The van der Waals surface area contributed by atoms with Gasteiger partial charge in [0.25, 0.3) is 0 Å². The molecule has 4 heteroatoms. The van der Waals surface area contributed by atoms with Crippen LogP contribution in [0.2, 0.25) is 0 Å². The third kappa shape index (κ3) is 3.24. The lowest BCUT2D eigenvalue weighted by Gasteiger charge is -1.99. The molecule has 1 aromatic heterocycles. The van der Waals surface area contributed by atoms with Crippen LogP contribution in [0.4, 0.5) is 0 Å². The Kier molecular flexibility index (Phi) is 4.11. The van der Waals surface area contributed by atoms with E-state index < -0.39 is 0 Å². The van der Waals surface area contributed by atoms with Crippen LogP contribution in [-0.4, -0.2) is 18.5 Å². The van der Waals surface area contributed by atoms with E-state index in [1.807, 2.05) is 16.8 Å². The molecule has 0 saturated carbocycles. The van der Waals surface area contributed by atoms with Gasteiger partial charge in [-0.05, 0) is 22.4 Å². The molecule has 0 aliphatic rings. The van der Waals surface area contributed by atoms with Crippen LogP contribution in [0.5, 0.6) is 0 Å². The van der Waals surface area contributed by atoms with Crippen LogP contribution in [-0.2, 0) is 16.0 Å². The average Bonchev–Trinajstić information content (AvgIpc) is 2.53. The van der Waals surface area contributed by atoms with Gasteiger partial charge in [0.2, 0.25) is 0 Å². The van der Waals surface area contributed by atoms with Crippen LogP contribution in [0.15, 0.2) is 16.8 Å². The lowest BCUT2D eigenvalue weighted by molar-refractivity contribution is -0.142. The number of alkyl halides is 1. The maximum absolute atomic E-state index is 11.0. The highest BCUT2D eigenvalue weighted by molar-refractivity contribution is 7.07. The Bertz CT molecular complexity index is 233. The second-order valence-corrected chi connectivity index (χ2v) is 3.38. The Morgan fingerprint density at radius 3 is 3.08 bits per heavy atom. The molecule has 0 N–H and O–H groups in total. The normalized spacial score (nSPS) is 9.75. The van der Waals surface area contributed by atoms with E-state index in [2.05, 4.69) is 0 Å². The summed E-state index contributed by atoms with van der Waals surface area (Å²) >= 11 is 6.92. The summed E-state index contributed by atoms with van der Waals surface area (Å²) < 4.78 is 4.80. The fourth-order valence-electron chi connectivity index (χ4n) is 0.763. The zero-order valence-electron chi connectivity index (χ0n) is 6.46. The summed E-state index contributed by atoms with van der Waals surface area (Å²) in [5, 5.41) is 3.87. The lowest BCUT2D eigenvalue weighted by atomic mass is 10.2. The van der Waals surface area contributed by atoms with Gasteiger partial charge in [-0.25, -0.2) is 0 Å². The van der Waals surface area contributed by atoms with Crippen molar-refractivity contribution in [2.75, 3.05) is 12.5 Å². The average molecular weight is 205 g/mol. The molecule has 0 radical (unpaired) electrons. The molecule has 0 aromatic carbocycles. The fraction of sp³-hybridized carbons (Fsp3) is 0.375. The van der Waals surface area contributed by atoms with Crippen molar-refractivity contribution < 1.29 is 9.53 Å². The molecule has 1 heterocycles. The number of carbonyl (C=O) groups is 1. The number of hydrogen-bond donors (Lipinski definition) is 0. The number of thiophene rings is 1. The lowest BCUT2D eigenvalue weighted by Crippen LogP contribution is -2.08. The maximum Gasteiger partial charge on any atom is 0.310 e. The molecule has 0 saturated heterocycles. The number of hydrogen-bond acceptors (Lipinski definition) is 3. The summed E-state index contributed by atoms with van der Waals surface area (Å²) in [6, 6.07) is 1.91. The van der Waals surface area contributed by atoms with Crippen LogP contribution in [0.3, 0.4) is 0 Å². The molecular formula is C8H9ClO2S. The Balaban J connectivity index is 2.27. The van der Waals surface area contributed by atoms with Crippen molar-refractivity contribution in [2.24, 2.45) is 0 Å². The van der Waals surface area contributed by atoms with Gasteiger partial charge in [-0.2, -0.15) is 11.3 Å². The van der Waals surface area contributed by atoms with E-state index in [9.17, 15) is 4.79 Å². The molecule has 2 nitrogen and oxygen atoms in total. The van der Waals surface area contributed by atoms with E-state index >= 15 is 0 Å². The first-order valence-electron chi connectivity index (χ1n) is 3.55. The minimum atomic E-state index is -0.214. The van der Waals surface area contributed by atoms with Crippen molar-refractivity contribution in [2.45, 2.75) is 6.42 Å². The van der Waals surface area contributed by atoms with Crippen LogP contribution in [0, 0.1) is 0 Å². The van der Waals surface area contributed by atoms with Crippen LogP contribution in [0.25, 0.3) is 0 Å². The van der Waals surface area contributed by atoms with Gasteiger partial charge in [0.15, 0.2) is 0 Å². The second kappa shape index (κ2) is 5.17. The fourth-order valence-corrected chi connectivity index (χ4v) is 1.51. The van der Waals surface area contributed by atoms with Gasteiger partial charge in [-0.3, -0.25) is 4.79 Å².